The maximum absolute atomic E-state index is 12.2. The maximum atomic E-state index is 12.2. The standard InChI is InChI=1S/C17H24N2O/c1-13-12-14(13)17(20)18-15-8-4-5-9-16(15)19-10-6-2-3-7-11-19/h4-5,8-9,13-14H,2-3,6-7,10-12H2,1H3,(H,18,20)/t13-,14+/m0/s1. The minimum absolute atomic E-state index is 0.194. The van der Waals surface area contributed by atoms with E-state index in [0.717, 1.165) is 25.2 Å². The first-order chi connectivity index (χ1) is 9.75. The molecule has 0 unspecified atom stereocenters. The summed E-state index contributed by atoms with van der Waals surface area (Å²) in [7, 11) is 0. The molecule has 3 rings (SSSR count). The number of amides is 1. The minimum Gasteiger partial charge on any atom is -0.370 e. The Balaban J connectivity index is 1.75. The molecule has 1 aliphatic carbocycles. The number of nitrogens with one attached hydrogen (secondary N) is 1. The molecule has 0 bridgehead atoms. The van der Waals surface area contributed by atoms with Crippen LogP contribution in [0.3, 0.4) is 0 Å². The van der Waals surface area contributed by atoms with Crippen LogP contribution in [0.25, 0.3) is 0 Å². The molecule has 0 radical (unpaired) electrons. The number of rotatable bonds is 3. The van der Waals surface area contributed by atoms with Crippen molar-refractivity contribution < 1.29 is 4.79 Å². The molecule has 0 aromatic heterocycles. The van der Waals surface area contributed by atoms with Gasteiger partial charge in [-0.05, 0) is 37.3 Å². The molecule has 20 heavy (non-hydrogen) atoms. The van der Waals surface area contributed by atoms with E-state index in [9.17, 15) is 4.79 Å². The lowest BCUT2D eigenvalue weighted by atomic mass is 10.2. The Kier molecular flexibility index (Phi) is 3.95. The first kappa shape index (κ1) is 13.5. The van der Waals surface area contributed by atoms with Crippen molar-refractivity contribution in [2.75, 3.05) is 23.3 Å². The fraction of sp³-hybridized carbons (Fsp3) is 0.588. The van der Waals surface area contributed by atoms with Gasteiger partial charge in [-0.15, -0.1) is 0 Å². The number of nitrogens with zero attached hydrogens (tertiary/aromatic N) is 1. The topological polar surface area (TPSA) is 32.3 Å². The second-order valence-corrected chi connectivity index (χ2v) is 6.23. The summed E-state index contributed by atoms with van der Waals surface area (Å²) in [6.07, 6.45) is 6.19. The van der Waals surface area contributed by atoms with E-state index in [1.165, 1.54) is 31.4 Å². The Morgan fingerprint density at radius 3 is 2.45 bits per heavy atom. The summed E-state index contributed by atoms with van der Waals surface area (Å²) in [6, 6.07) is 8.24. The molecule has 1 aliphatic heterocycles. The van der Waals surface area contributed by atoms with Crippen LogP contribution in [0.5, 0.6) is 0 Å². The highest BCUT2D eigenvalue weighted by Crippen LogP contribution is 2.39. The van der Waals surface area contributed by atoms with Gasteiger partial charge in [0, 0.05) is 19.0 Å². The van der Waals surface area contributed by atoms with Gasteiger partial charge in [-0.1, -0.05) is 31.9 Å². The molecule has 3 heteroatoms. The van der Waals surface area contributed by atoms with Crippen molar-refractivity contribution in [3.8, 4) is 0 Å². The summed E-state index contributed by atoms with van der Waals surface area (Å²) in [4.78, 5) is 14.6. The van der Waals surface area contributed by atoms with Gasteiger partial charge in [0.25, 0.3) is 0 Å². The lowest BCUT2D eigenvalue weighted by Crippen LogP contribution is -2.26. The molecule has 2 atom stereocenters. The van der Waals surface area contributed by atoms with Gasteiger partial charge in [-0.2, -0.15) is 0 Å². The highest BCUT2D eigenvalue weighted by Gasteiger charge is 2.39. The van der Waals surface area contributed by atoms with E-state index in [2.05, 4.69) is 29.3 Å². The summed E-state index contributed by atoms with van der Waals surface area (Å²) in [5.41, 5.74) is 2.18. The highest BCUT2D eigenvalue weighted by atomic mass is 16.2. The molecule has 1 aromatic rings. The molecule has 1 saturated carbocycles. The van der Waals surface area contributed by atoms with Crippen LogP contribution in [0, 0.1) is 11.8 Å². The van der Waals surface area contributed by atoms with Gasteiger partial charge in [0.05, 0.1) is 11.4 Å². The SMILES string of the molecule is C[C@H]1C[C@H]1C(=O)Nc1ccccc1N1CCCCCC1. The third-order valence-corrected chi connectivity index (χ3v) is 4.55. The normalized spacial score (nSPS) is 25.9. The number of hydrogen-bond acceptors (Lipinski definition) is 2. The molecule has 108 valence electrons. The van der Waals surface area contributed by atoms with Gasteiger partial charge in [-0.25, -0.2) is 0 Å². The van der Waals surface area contributed by atoms with Crippen LogP contribution in [0.4, 0.5) is 11.4 Å². The van der Waals surface area contributed by atoms with Gasteiger partial charge in [0.1, 0.15) is 0 Å². The van der Waals surface area contributed by atoms with Gasteiger partial charge >= 0.3 is 0 Å². The molecule has 0 spiro atoms. The van der Waals surface area contributed by atoms with Gasteiger partial charge in [0.2, 0.25) is 5.91 Å². The Morgan fingerprint density at radius 1 is 1.15 bits per heavy atom. The summed E-state index contributed by atoms with van der Waals surface area (Å²) >= 11 is 0. The first-order valence-electron chi connectivity index (χ1n) is 7.90. The molecule has 1 N–H and O–H groups in total. The molecule has 1 saturated heterocycles. The summed E-state index contributed by atoms with van der Waals surface area (Å²) in [5, 5.41) is 3.14. The third kappa shape index (κ3) is 2.97. The van der Waals surface area contributed by atoms with Crippen molar-refractivity contribution in [3.05, 3.63) is 24.3 Å². The van der Waals surface area contributed by atoms with Crippen LogP contribution in [0.2, 0.25) is 0 Å². The number of carbonyl (C=O) groups is 1. The Hall–Kier alpha value is -1.51. The van der Waals surface area contributed by atoms with E-state index in [1.54, 1.807) is 0 Å². The zero-order chi connectivity index (χ0) is 13.9. The van der Waals surface area contributed by atoms with Crippen LogP contribution in [0.15, 0.2) is 24.3 Å². The van der Waals surface area contributed by atoms with Crippen molar-refractivity contribution in [2.24, 2.45) is 11.8 Å². The van der Waals surface area contributed by atoms with Crippen molar-refractivity contribution in [1.29, 1.82) is 0 Å². The van der Waals surface area contributed by atoms with Crippen LogP contribution in [-0.4, -0.2) is 19.0 Å². The zero-order valence-electron chi connectivity index (χ0n) is 12.3. The highest BCUT2D eigenvalue weighted by molar-refractivity contribution is 5.97. The van der Waals surface area contributed by atoms with Crippen molar-refractivity contribution >= 4 is 17.3 Å². The predicted octanol–water partition coefficient (Wildman–Crippen LogP) is 3.66. The molecular weight excluding hydrogens is 248 g/mol. The minimum atomic E-state index is 0.194. The maximum Gasteiger partial charge on any atom is 0.227 e. The van der Waals surface area contributed by atoms with E-state index in [-0.39, 0.29) is 11.8 Å². The molecule has 1 aromatic carbocycles. The van der Waals surface area contributed by atoms with Crippen molar-refractivity contribution in [2.45, 2.75) is 39.0 Å². The van der Waals surface area contributed by atoms with Crippen molar-refractivity contribution in [1.82, 2.24) is 0 Å². The van der Waals surface area contributed by atoms with Gasteiger partial charge in [0.15, 0.2) is 0 Å². The molecule has 1 amide bonds. The number of benzene rings is 1. The van der Waals surface area contributed by atoms with Crippen LogP contribution < -0.4 is 10.2 Å². The fourth-order valence-corrected chi connectivity index (χ4v) is 3.08. The quantitative estimate of drug-likeness (QED) is 0.910. The lowest BCUT2D eigenvalue weighted by Gasteiger charge is -2.25. The number of carbonyl (C=O) groups excluding carboxylic acids is 1. The average molecular weight is 272 g/mol. The summed E-state index contributed by atoms with van der Waals surface area (Å²) < 4.78 is 0. The molecular formula is C17H24N2O. The van der Waals surface area contributed by atoms with E-state index in [4.69, 9.17) is 0 Å². The second-order valence-electron chi connectivity index (χ2n) is 6.23. The monoisotopic (exact) mass is 272 g/mol. The molecule has 1 heterocycles. The van der Waals surface area contributed by atoms with E-state index in [0.29, 0.717) is 5.92 Å². The third-order valence-electron chi connectivity index (χ3n) is 4.55. The largest absolute Gasteiger partial charge is 0.370 e. The van der Waals surface area contributed by atoms with Crippen LogP contribution in [-0.2, 0) is 4.79 Å². The first-order valence-corrected chi connectivity index (χ1v) is 7.90. The van der Waals surface area contributed by atoms with E-state index < -0.39 is 0 Å². The Bertz CT molecular complexity index is 478. The smallest absolute Gasteiger partial charge is 0.227 e. The predicted molar refractivity (Wildman–Crippen MR) is 83.0 cm³/mol. The molecule has 2 aliphatic rings. The van der Waals surface area contributed by atoms with Crippen LogP contribution in [0.1, 0.15) is 39.0 Å². The lowest BCUT2D eigenvalue weighted by molar-refractivity contribution is -0.117. The fourth-order valence-electron chi connectivity index (χ4n) is 3.08. The summed E-state index contributed by atoms with van der Waals surface area (Å²) in [5.74, 6) is 0.979. The van der Waals surface area contributed by atoms with E-state index in [1.807, 2.05) is 12.1 Å². The molecule has 3 nitrogen and oxygen atoms in total. The van der Waals surface area contributed by atoms with E-state index >= 15 is 0 Å². The Morgan fingerprint density at radius 2 is 1.80 bits per heavy atom. The van der Waals surface area contributed by atoms with Crippen molar-refractivity contribution in [3.63, 3.8) is 0 Å². The molecule has 2 fully saturated rings. The zero-order valence-corrected chi connectivity index (χ0v) is 12.3. The number of hydrogen-bond donors (Lipinski definition) is 1. The van der Waals surface area contributed by atoms with Crippen LogP contribution >= 0.6 is 0 Å². The summed E-state index contributed by atoms with van der Waals surface area (Å²) in [6.45, 7) is 4.35. The van der Waals surface area contributed by atoms with Gasteiger partial charge in [-0.3, -0.25) is 4.79 Å². The number of anilines is 2. The average Bonchev–Trinajstić information content (AvgIpc) is 3.22. The number of para-hydroxylation sites is 2. The van der Waals surface area contributed by atoms with Gasteiger partial charge < -0.3 is 10.2 Å². The Labute approximate surface area is 121 Å². The second kappa shape index (κ2) is 5.86.